The molecular formula is C21H30N4O3. The molecule has 2 aliphatic heterocycles. The number of aromatic nitrogens is 2. The lowest BCUT2D eigenvalue weighted by Gasteiger charge is -2.33. The number of piperidine rings is 2. The van der Waals surface area contributed by atoms with E-state index in [9.17, 15) is 9.59 Å². The Bertz CT molecular complexity index is 881. The lowest BCUT2D eigenvalue weighted by atomic mass is 9.97. The van der Waals surface area contributed by atoms with Crippen molar-refractivity contribution in [3.05, 3.63) is 34.5 Å². The summed E-state index contributed by atoms with van der Waals surface area (Å²) in [4.78, 5) is 30.2. The molecule has 0 aromatic carbocycles. The van der Waals surface area contributed by atoms with E-state index in [2.05, 4.69) is 10.3 Å². The van der Waals surface area contributed by atoms with Crippen molar-refractivity contribution < 1.29 is 9.53 Å². The van der Waals surface area contributed by atoms with E-state index in [1.165, 1.54) is 17.4 Å². The van der Waals surface area contributed by atoms with Gasteiger partial charge in [0.2, 0.25) is 0 Å². The van der Waals surface area contributed by atoms with Crippen molar-refractivity contribution >= 4 is 16.7 Å². The standard InChI is InChI=1S/C21H30N4O3/c1-24-10-6-17-18(20(24)26)13-23-19(17)21(27)25-9-3-5-16(14-25)28-11-7-15-4-2-8-22-12-15/h6,10,13,15-16,22-23H,2-5,7-9,11-12,14H2,1H3. The molecule has 4 rings (SSSR count). The lowest BCUT2D eigenvalue weighted by molar-refractivity contribution is -0.00373. The third-order valence-electron chi connectivity index (χ3n) is 6.09. The molecular weight excluding hydrogens is 356 g/mol. The van der Waals surface area contributed by atoms with Gasteiger partial charge in [0, 0.05) is 44.5 Å². The number of fused-ring (bicyclic) bond motifs is 1. The number of aromatic amines is 1. The number of nitrogens with zero attached hydrogens (tertiary/aromatic N) is 2. The Labute approximate surface area is 165 Å². The van der Waals surface area contributed by atoms with Gasteiger partial charge in [0.05, 0.1) is 11.5 Å². The first-order chi connectivity index (χ1) is 13.6. The van der Waals surface area contributed by atoms with Gasteiger partial charge in [0.1, 0.15) is 5.69 Å². The van der Waals surface area contributed by atoms with Gasteiger partial charge in [-0.3, -0.25) is 9.59 Å². The molecule has 2 atom stereocenters. The average Bonchev–Trinajstić information content (AvgIpc) is 3.16. The molecule has 0 aliphatic carbocycles. The van der Waals surface area contributed by atoms with Gasteiger partial charge in [-0.2, -0.15) is 0 Å². The molecule has 2 aliphatic rings. The zero-order valence-electron chi connectivity index (χ0n) is 16.6. The van der Waals surface area contributed by atoms with Crippen molar-refractivity contribution in [2.24, 2.45) is 13.0 Å². The molecule has 0 radical (unpaired) electrons. The van der Waals surface area contributed by atoms with Crippen LogP contribution in [0.5, 0.6) is 0 Å². The third kappa shape index (κ3) is 4.00. The number of carbonyl (C=O) groups excluding carboxylic acids is 1. The van der Waals surface area contributed by atoms with E-state index in [1.54, 1.807) is 19.4 Å². The van der Waals surface area contributed by atoms with Crippen LogP contribution in [0.1, 0.15) is 42.6 Å². The summed E-state index contributed by atoms with van der Waals surface area (Å²) >= 11 is 0. The first-order valence-corrected chi connectivity index (χ1v) is 10.4. The molecule has 0 saturated carbocycles. The molecule has 2 fully saturated rings. The largest absolute Gasteiger partial charge is 0.376 e. The van der Waals surface area contributed by atoms with Crippen molar-refractivity contribution in [2.75, 3.05) is 32.8 Å². The van der Waals surface area contributed by atoms with Crippen molar-refractivity contribution in [1.82, 2.24) is 19.8 Å². The van der Waals surface area contributed by atoms with E-state index in [-0.39, 0.29) is 17.6 Å². The quantitative estimate of drug-likeness (QED) is 0.822. The molecule has 152 valence electrons. The summed E-state index contributed by atoms with van der Waals surface area (Å²) in [5.74, 6) is 0.663. The molecule has 2 aromatic rings. The summed E-state index contributed by atoms with van der Waals surface area (Å²) in [5, 5.41) is 4.70. The summed E-state index contributed by atoms with van der Waals surface area (Å²) < 4.78 is 7.65. The van der Waals surface area contributed by atoms with Crippen LogP contribution in [0, 0.1) is 5.92 Å². The Balaban J connectivity index is 1.37. The van der Waals surface area contributed by atoms with Crippen LogP contribution < -0.4 is 10.9 Å². The minimum Gasteiger partial charge on any atom is -0.376 e. The Morgan fingerprint density at radius 2 is 2.18 bits per heavy atom. The van der Waals surface area contributed by atoms with Crippen LogP contribution in [0.4, 0.5) is 0 Å². The van der Waals surface area contributed by atoms with Gasteiger partial charge < -0.3 is 24.5 Å². The molecule has 4 heterocycles. The summed E-state index contributed by atoms with van der Waals surface area (Å²) in [5.41, 5.74) is 0.409. The van der Waals surface area contributed by atoms with E-state index < -0.39 is 0 Å². The average molecular weight is 386 g/mol. The summed E-state index contributed by atoms with van der Waals surface area (Å²) in [7, 11) is 1.71. The van der Waals surface area contributed by atoms with Crippen molar-refractivity contribution in [2.45, 2.75) is 38.2 Å². The Kier molecular flexibility index (Phi) is 5.82. The molecule has 2 N–H and O–H groups in total. The minimum absolute atomic E-state index is 0.0481. The first-order valence-electron chi connectivity index (χ1n) is 10.4. The normalized spacial score (nSPS) is 23.2. The van der Waals surface area contributed by atoms with Gasteiger partial charge in [-0.25, -0.2) is 0 Å². The summed E-state index contributed by atoms with van der Waals surface area (Å²) in [6.45, 7) is 4.35. The van der Waals surface area contributed by atoms with Gasteiger partial charge in [0.15, 0.2) is 0 Å². The number of hydrogen-bond donors (Lipinski definition) is 2. The Hall–Kier alpha value is -2.12. The highest BCUT2D eigenvalue weighted by atomic mass is 16.5. The zero-order chi connectivity index (χ0) is 19.5. The second-order valence-electron chi connectivity index (χ2n) is 8.11. The van der Waals surface area contributed by atoms with Gasteiger partial charge >= 0.3 is 0 Å². The Morgan fingerprint density at radius 3 is 3.00 bits per heavy atom. The SMILES string of the molecule is Cn1ccc2c(C(=O)N3CCCC(OCCC4CCCNC4)C3)[nH]cc2c1=O. The molecule has 1 amide bonds. The fourth-order valence-corrected chi connectivity index (χ4v) is 4.39. The van der Waals surface area contributed by atoms with Gasteiger partial charge in [-0.15, -0.1) is 0 Å². The molecule has 7 nitrogen and oxygen atoms in total. The van der Waals surface area contributed by atoms with Gasteiger partial charge in [-0.1, -0.05) is 0 Å². The maximum absolute atomic E-state index is 13.1. The van der Waals surface area contributed by atoms with Crippen molar-refractivity contribution in [3.63, 3.8) is 0 Å². The van der Waals surface area contributed by atoms with Crippen LogP contribution in [0.3, 0.4) is 0 Å². The third-order valence-corrected chi connectivity index (χ3v) is 6.09. The number of hydrogen-bond acceptors (Lipinski definition) is 4. The van der Waals surface area contributed by atoms with Crippen molar-refractivity contribution in [1.29, 1.82) is 0 Å². The molecule has 0 spiro atoms. The second-order valence-corrected chi connectivity index (χ2v) is 8.11. The van der Waals surface area contributed by atoms with E-state index in [1.807, 2.05) is 11.0 Å². The predicted molar refractivity (Wildman–Crippen MR) is 109 cm³/mol. The number of aryl methyl sites for hydroxylation is 1. The molecule has 28 heavy (non-hydrogen) atoms. The maximum atomic E-state index is 13.1. The lowest BCUT2D eigenvalue weighted by Crippen LogP contribution is -2.43. The highest BCUT2D eigenvalue weighted by molar-refractivity contribution is 6.05. The number of carbonyl (C=O) groups is 1. The van der Waals surface area contributed by atoms with E-state index in [0.29, 0.717) is 28.9 Å². The van der Waals surface area contributed by atoms with Crippen LogP contribution in [0.25, 0.3) is 10.8 Å². The van der Waals surface area contributed by atoms with Crippen LogP contribution in [0.2, 0.25) is 0 Å². The van der Waals surface area contributed by atoms with Crippen molar-refractivity contribution in [3.8, 4) is 0 Å². The number of nitrogens with one attached hydrogen (secondary N) is 2. The smallest absolute Gasteiger partial charge is 0.271 e. The second kappa shape index (κ2) is 8.49. The zero-order valence-corrected chi connectivity index (χ0v) is 16.6. The highest BCUT2D eigenvalue weighted by Crippen LogP contribution is 2.21. The predicted octanol–water partition coefficient (Wildman–Crippen LogP) is 1.88. The molecule has 0 bridgehead atoms. The van der Waals surface area contributed by atoms with E-state index in [0.717, 1.165) is 45.5 Å². The van der Waals surface area contributed by atoms with Gasteiger partial charge in [-0.05, 0) is 57.2 Å². The van der Waals surface area contributed by atoms with Crippen LogP contribution in [-0.4, -0.2) is 59.2 Å². The minimum atomic E-state index is -0.0927. The topological polar surface area (TPSA) is 79.4 Å². The summed E-state index contributed by atoms with van der Waals surface area (Å²) in [6, 6.07) is 1.83. The fraction of sp³-hybridized carbons (Fsp3) is 0.619. The number of pyridine rings is 1. The molecule has 2 unspecified atom stereocenters. The van der Waals surface area contributed by atoms with Crippen LogP contribution in [0.15, 0.2) is 23.3 Å². The number of ether oxygens (including phenoxy) is 1. The Morgan fingerprint density at radius 1 is 1.29 bits per heavy atom. The van der Waals surface area contributed by atoms with Crippen LogP contribution >= 0.6 is 0 Å². The van der Waals surface area contributed by atoms with E-state index in [4.69, 9.17) is 4.74 Å². The first kappa shape index (κ1) is 19.2. The number of rotatable bonds is 5. The number of likely N-dealkylation sites (tertiary alicyclic amines) is 1. The highest BCUT2D eigenvalue weighted by Gasteiger charge is 2.27. The number of amides is 1. The molecule has 2 saturated heterocycles. The summed E-state index contributed by atoms with van der Waals surface area (Å²) in [6.07, 6.45) is 9.01. The van der Waals surface area contributed by atoms with Gasteiger partial charge in [0.25, 0.3) is 11.5 Å². The monoisotopic (exact) mass is 386 g/mol. The fourth-order valence-electron chi connectivity index (χ4n) is 4.39. The van der Waals surface area contributed by atoms with Crippen LogP contribution in [-0.2, 0) is 11.8 Å². The molecule has 2 aromatic heterocycles. The van der Waals surface area contributed by atoms with E-state index >= 15 is 0 Å². The number of H-pyrrole nitrogens is 1. The maximum Gasteiger partial charge on any atom is 0.271 e. The molecule has 7 heteroatoms.